The fraction of sp³-hybridized carbons (Fsp3) is 0.900. The fourth-order valence-corrected chi connectivity index (χ4v) is 1.07. The van der Waals surface area contributed by atoms with Crippen molar-refractivity contribution in [1.82, 2.24) is 0 Å². The lowest BCUT2D eigenvalue weighted by atomic mass is 10.1. The summed E-state index contributed by atoms with van der Waals surface area (Å²) in [5.74, 6) is 0.887. The van der Waals surface area contributed by atoms with Crippen molar-refractivity contribution in [1.29, 1.82) is 0 Å². The largest absolute Gasteiger partial charge is 0.409 e. The molecule has 0 aliphatic carbocycles. The maximum atomic E-state index is 8.40. The van der Waals surface area contributed by atoms with Gasteiger partial charge in [0.2, 0.25) is 0 Å². The summed E-state index contributed by atoms with van der Waals surface area (Å²) < 4.78 is 5.60. The van der Waals surface area contributed by atoms with Crippen LogP contribution in [0.3, 0.4) is 0 Å². The zero-order valence-electron chi connectivity index (χ0n) is 9.36. The molecule has 0 bridgehead atoms. The van der Waals surface area contributed by atoms with Gasteiger partial charge >= 0.3 is 0 Å². The molecule has 0 aromatic rings. The number of amidine groups is 1. The first kappa shape index (κ1) is 13.2. The van der Waals surface area contributed by atoms with Crippen molar-refractivity contribution < 1.29 is 9.94 Å². The quantitative estimate of drug-likeness (QED) is 0.287. The molecule has 3 N–H and O–H groups in total. The van der Waals surface area contributed by atoms with Crippen LogP contribution in [0.4, 0.5) is 0 Å². The summed E-state index contributed by atoms with van der Waals surface area (Å²) in [5.41, 5.74) is 5.40. The molecule has 0 aromatic heterocycles. The predicted molar refractivity (Wildman–Crippen MR) is 57.5 cm³/mol. The average Bonchev–Trinajstić information content (AvgIpc) is 2.15. The van der Waals surface area contributed by atoms with E-state index in [1.165, 1.54) is 0 Å². The second-order valence-electron chi connectivity index (χ2n) is 3.88. The number of hydrogen-bond acceptors (Lipinski definition) is 3. The molecule has 0 radical (unpaired) electrons. The molecule has 84 valence electrons. The molecule has 4 heteroatoms. The predicted octanol–water partition coefficient (Wildman–Crippen LogP) is 1.96. The Morgan fingerprint density at radius 1 is 1.50 bits per heavy atom. The van der Waals surface area contributed by atoms with E-state index in [-0.39, 0.29) is 11.9 Å². The Bertz CT molecular complexity index is 170. The van der Waals surface area contributed by atoms with Crippen LogP contribution in [0.2, 0.25) is 0 Å². The number of oxime groups is 1. The van der Waals surface area contributed by atoms with Gasteiger partial charge in [-0.05, 0) is 18.8 Å². The van der Waals surface area contributed by atoms with E-state index >= 15 is 0 Å². The van der Waals surface area contributed by atoms with E-state index in [9.17, 15) is 0 Å². The monoisotopic (exact) mass is 202 g/mol. The van der Waals surface area contributed by atoms with Gasteiger partial charge in [-0.3, -0.25) is 0 Å². The summed E-state index contributed by atoms with van der Waals surface area (Å²) in [5, 5.41) is 11.3. The number of nitrogens with zero attached hydrogens (tertiary/aromatic N) is 1. The van der Waals surface area contributed by atoms with Crippen LogP contribution >= 0.6 is 0 Å². The summed E-state index contributed by atoms with van der Waals surface area (Å²) in [6, 6.07) is 0. The van der Waals surface area contributed by atoms with Crippen LogP contribution in [0, 0.1) is 5.92 Å². The van der Waals surface area contributed by atoms with E-state index in [0.29, 0.717) is 12.3 Å². The van der Waals surface area contributed by atoms with Crippen LogP contribution < -0.4 is 5.73 Å². The molecule has 0 fully saturated rings. The van der Waals surface area contributed by atoms with Crippen molar-refractivity contribution in [2.24, 2.45) is 16.8 Å². The van der Waals surface area contributed by atoms with E-state index < -0.39 is 0 Å². The van der Waals surface area contributed by atoms with E-state index in [2.05, 4.69) is 19.0 Å². The van der Waals surface area contributed by atoms with Crippen LogP contribution in [-0.4, -0.2) is 23.8 Å². The molecule has 4 nitrogen and oxygen atoms in total. The smallest absolute Gasteiger partial charge is 0.141 e. The molecule has 1 unspecified atom stereocenters. The Morgan fingerprint density at radius 3 is 2.57 bits per heavy atom. The Labute approximate surface area is 86.1 Å². The Hall–Kier alpha value is -0.770. The molecule has 0 rings (SSSR count). The lowest BCUT2D eigenvalue weighted by Gasteiger charge is -2.15. The molecule has 0 heterocycles. The minimum atomic E-state index is 0.0737. The summed E-state index contributed by atoms with van der Waals surface area (Å²) >= 11 is 0. The topological polar surface area (TPSA) is 67.8 Å². The molecule has 14 heavy (non-hydrogen) atoms. The second-order valence-corrected chi connectivity index (χ2v) is 3.88. The number of rotatable bonds is 7. The molecule has 0 saturated carbocycles. The fourth-order valence-electron chi connectivity index (χ4n) is 1.07. The summed E-state index contributed by atoms with van der Waals surface area (Å²) in [7, 11) is 0. The first-order valence-corrected chi connectivity index (χ1v) is 5.18. The Balaban J connectivity index is 3.69. The molecule has 0 aromatic carbocycles. The summed E-state index contributed by atoms with van der Waals surface area (Å²) in [6.07, 6.45) is 2.51. The molecule has 0 spiro atoms. The highest BCUT2D eigenvalue weighted by Gasteiger charge is 2.09. The van der Waals surface area contributed by atoms with Crippen LogP contribution in [0.5, 0.6) is 0 Å². The van der Waals surface area contributed by atoms with Crippen molar-refractivity contribution in [3.05, 3.63) is 0 Å². The van der Waals surface area contributed by atoms with Crippen molar-refractivity contribution >= 4 is 5.84 Å². The summed E-state index contributed by atoms with van der Waals surface area (Å²) in [4.78, 5) is 0. The maximum absolute atomic E-state index is 8.40. The lowest BCUT2D eigenvalue weighted by molar-refractivity contribution is 0.0483. The third-order valence-corrected chi connectivity index (χ3v) is 2.07. The first-order valence-electron chi connectivity index (χ1n) is 5.18. The SMILES string of the molecule is CCC(C/C(N)=N/O)OCCC(C)C. The average molecular weight is 202 g/mol. The number of ether oxygens (including phenoxy) is 1. The van der Waals surface area contributed by atoms with Gasteiger partial charge in [0.25, 0.3) is 0 Å². The van der Waals surface area contributed by atoms with Crippen LogP contribution in [0.1, 0.15) is 40.0 Å². The normalized spacial score (nSPS) is 14.7. The standard InChI is InChI=1S/C10H22N2O2/c1-4-9(7-10(11)12-13)14-6-5-8(2)3/h8-9,13H,4-7H2,1-3H3,(H2,11,12). The Kier molecular flexibility index (Phi) is 7.20. The van der Waals surface area contributed by atoms with Gasteiger partial charge in [0, 0.05) is 13.0 Å². The third-order valence-electron chi connectivity index (χ3n) is 2.07. The highest BCUT2D eigenvalue weighted by Crippen LogP contribution is 2.07. The molecule has 0 amide bonds. The van der Waals surface area contributed by atoms with Gasteiger partial charge in [-0.1, -0.05) is 25.9 Å². The van der Waals surface area contributed by atoms with Crippen molar-refractivity contribution in [2.45, 2.75) is 46.1 Å². The molecule has 0 aliphatic rings. The highest BCUT2D eigenvalue weighted by atomic mass is 16.5. The molecular formula is C10H22N2O2. The molecule has 1 atom stereocenters. The van der Waals surface area contributed by atoms with E-state index in [4.69, 9.17) is 15.7 Å². The minimum Gasteiger partial charge on any atom is -0.409 e. The molecular weight excluding hydrogens is 180 g/mol. The van der Waals surface area contributed by atoms with Crippen LogP contribution in [0.25, 0.3) is 0 Å². The zero-order valence-corrected chi connectivity index (χ0v) is 9.36. The van der Waals surface area contributed by atoms with Crippen LogP contribution in [-0.2, 0) is 4.74 Å². The maximum Gasteiger partial charge on any atom is 0.141 e. The lowest BCUT2D eigenvalue weighted by Crippen LogP contribution is -2.23. The molecule has 0 saturated heterocycles. The highest BCUT2D eigenvalue weighted by molar-refractivity contribution is 5.80. The molecule has 0 aliphatic heterocycles. The van der Waals surface area contributed by atoms with Crippen molar-refractivity contribution in [3.63, 3.8) is 0 Å². The minimum absolute atomic E-state index is 0.0737. The van der Waals surface area contributed by atoms with Gasteiger partial charge in [0.15, 0.2) is 0 Å². The van der Waals surface area contributed by atoms with Gasteiger partial charge in [0.05, 0.1) is 6.10 Å². The van der Waals surface area contributed by atoms with Crippen molar-refractivity contribution in [2.75, 3.05) is 6.61 Å². The first-order chi connectivity index (χ1) is 6.60. The van der Waals surface area contributed by atoms with Gasteiger partial charge in [-0.2, -0.15) is 0 Å². The van der Waals surface area contributed by atoms with Gasteiger partial charge in [-0.25, -0.2) is 0 Å². The van der Waals surface area contributed by atoms with Gasteiger partial charge in [0.1, 0.15) is 5.84 Å². The zero-order chi connectivity index (χ0) is 11.0. The van der Waals surface area contributed by atoms with Gasteiger partial charge in [-0.15, -0.1) is 0 Å². The van der Waals surface area contributed by atoms with E-state index in [1.807, 2.05) is 6.92 Å². The Morgan fingerprint density at radius 2 is 2.14 bits per heavy atom. The van der Waals surface area contributed by atoms with E-state index in [0.717, 1.165) is 19.4 Å². The number of nitrogens with two attached hydrogens (primary N) is 1. The number of hydrogen-bond donors (Lipinski definition) is 2. The van der Waals surface area contributed by atoms with Crippen molar-refractivity contribution in [3.8, 4) is 0 Å². The summed E-state index contributed by atoms with van der Waals surface area (Å²) in [6.45, 7) is 7.10. The van der Waals surface area contributed by atoms with Crippen LogP contribution in [0.15, 0.2) is 5.16 Å². The van der Waals surface area contributed by atoms with Gasteiger partial charge < -0.3 is 15.7 Å². The van der Waals surface area contributed by atoms with E-state index in [1.54, 1.807) is 0 Å². The third kappa shape index (κ3) is 6.71. The second kappa shape index (κ2) is 7.62.